The van der Waals surface area contributed by atoms with E-state index in [1.165, 1.54) is 18.4 Å². The van der Waals surface area contributed by atoms with Gasteiger partial charge in [0.25, 0.3) is 0 Å². The number of hydrogen-bond acceptors (Lipinski definition) is 4. The number of carbonyl (C=O) groups is 2. The first-order chi connectivity index (χ1) is 14.2. The highest BCUT2D eigenvalue weighted by Crippen LogP contribution is 2.26. The molecule has 1 aliphatic heterocycles. The summed E-state index contributed by atoms with van der Waals surface area (Å²) < 4.78 is 0. The Morgan fingerprint density at radius 1 is 1.10 bits per heavy atom. The number of amides is 2. The SMILES string of the molecule is O=C(NCCc1c[nH]c2ccccc12)C(=O)NCC(c1ccsc1)N1CCCC1. The highest BCUT2D eigenvalue weighted by molar-refractivity contribution is 7.08. The zero-order chi connectivity index (χ0) is 20.1. The van der Waals surface area contributed by atoms with E-state index >= 15 is 0 Å². The molecule has 1 unspecified atom stereocenters. The summed E-state index contributed by atoms with van der Waals surface area (Å²) in [6.07, 6.45) is 5.00. The number of carbonyl (C=O) groups excluding carboxylic acids is 2. The molecular formula is C22H26N4O2S. The minimum Gasteiger partial charge on any atom is -0.361 e. The second-order valence-corrected chi connectivity index (χ2v) is 8.17. The van der Waals surface area contributed by atoms with Crippen molar-refractivity contribution in [2.24, 2.45) is 0 Å². The molecule has 3 N–H and O–H groups in total. The number of nitrogens with zero attached hydrogens (tertiary/aromatic N) is 1. The van der Waals surface area contributed by atoms with Gasteiger partial charge in [-0.25, -0.2) is 0 Å². The van der Waals surface area contributed by atoms with Crippen LogP contribution in [0, 0.1) is 0 Å². The lowest BCUT2D eigenvalue weighted by Gasteiger charge is -2.27. The fraction of sp³-hybridized carbons (Fsp3) is 0.364. The number of nitrogens with one attached hydrogen (secondary N) is 3. The van der Waals surface area contributed by atoms with Crippen molar-refractivity contribution >= 4 is 34.1 Å². The highest BCUT2D eigenvalue weighted by Gasteiger charge is 2.25. The van der Waals surface area contributed by atoms with Crippen LogP contribution in [0.3, 0.4) is 0 Å². The van der Waals surface area contributed by atoms with Gasteiger partial charge in [-0.15, -0.1) is 0 Å². The number of rotatable bonds is 7. The maximum atomic E-state index is 12.3. The van der Waals surface area contributed by atoms with Gasteiger partial charge >= 0.3 is 11.8 Å². The minimum absolute atomic E-state index is 0.131. The Morgan fingerprint density at radius 2 is 1.90 bits per heavy atom. The summed E-state index contributed by atoms with van der Waals surface area (Å²) in [5, 5.41) is 10.9. The molecule has 29 heavy (non-hydrogen) atoms. The largest absolute Gasteiger partial charge is 0.361 e. The van der Waals surface area contributed by atoms with Gasteiger partial charge in [-0.1, -0.05) is 18.2 Å². The van der Waals surface area contributed by atoms with Gasteiger partial charge in [0.1, 0.15) is 0 Å². The molecule has 7 heteroatoms. The van der Waals surface area contributed by atoms with Crippen LogP contribution in [0.5, 0.6) is 0 Å². The fourth-order valence-electron chi connectivity index (χ4n) is 3.97. The van der Waals surface area contributed by atoms with E-state index in [1.807, 2.05) is 24.4 Å². The van der Waals surface area contributed by atoms with Crippen LogP contribution >= 0.6 is 11.3 Å². The van der Waals surface area contributed by atoms with Gasteiger partial charge in [0.2, 0.25) is 0 Å². The van der Waals surface area contributed by atoms with E-state index < -0.39 is 11.8 Å². The molecule has 2 amide bonds. The molecule has 1 fully saturated rings. The number of aromatic nitrogens is 1. The molecule has 3 heterocycles. The average Bonchev–Trinajstić information content (AvgIpc) is 3.51. The van der Waals surface area contributed by atoms with Gasteiger partial charge in [0.05, 0.1) is 6.04 Å². The molecule has 2 aromatic heterocycles. The van der Waals surface area contributed by atoms with Gasteiger partial charge in [0, 0.05) is 30.2 Å². The number of para-hydroxylation sites is 1. The van der Waals surface area contributed by atoms with E-state index in [1.54, 1.807) is 11.3 Å². The molecule has 1 saturated heterocycles. The van der Waals surface area contributed by atoms with Gasteiger partial charge in [0.15, 0.2) is 0 Å². The van der Waals surface area contributed by atoms with E-state index in [4.69, 9.17) is 0 Å². The van der Waals surface area contributed by atoms with Crippen LogP contribution in [0.2, 0.25) is 0 Å². The quantitative estimate of drug-likeness (QED) is 0.524. The Bertz CT molecular complexity index is 960. The van der Waals surface area contributed by atoms with Crippen LogP contribution in [0.4, 0.5) is 0 Å². The minimum atomic E-state index is -0.574. The third kappa shape index (κ3) is 4.68. The molecule has 3 aromatic rings. The van der Waals surface area contributed by atoms with Crippen LogP contribution in [0.15, 0.2) is 47.3 Å². The Morgan fingerprint density at radius 3 is 2.69 bits per heavy atom. The third-order valence-corrected chi connectivity index (χ3v) is 6.23. The predicted molar refractivity (Wildman–Crippen MR) is 116 cm³/mol. The number of thiophene rings is 1. The van der Waals surface area contributed by atoms with Crippen molar-refractivity contribution in [2.75, 3.05) is 26.2 Å². The summed E-state index contributed by atoms with van der Waals surface area (Å²) in [5.74, 6) is -1.14. The molecule has 0 saturated carbocycles. The van der Waals surface area contributed by atoms with E-state index in [0.717, 1.165) is 29.6 Å². The van der Waals surface area contributed by atoms with Crippen molar-refractivity contribution in [3.05, 3.63) is 58.4 Å². The molecule has 6 nitrogen and oxygen atoms in total. The lowest BCUT2D eigenvalue weighted by atomic mass is 10.1. The van der Waals surface area contributed by atoms with Crippen molar-refractivity contribution in [3.63, 3.8) is 0 Å². The Hall–Kier alpha value is -2.64. The van der Waals surface area contributed by atoms with Crippen LogP contribution in [0.25, 0.3) is 10.9 Å². The summed E-state index contributed by atoms with van der Waals surface area (Å²) in [7, 11) is 0. The summed E-state index contributed by atoms with van der Waals surface area (Å²) in [5.41, 5.74) is 3.41. The average molecular weight is 411 g/mol. The molecule has 0 bridgehead atoms. The Kier molecular flexibility index (Phi) is 6.27. The predicted octanol–water partition coefficient (Wildman–Crippen LogP) is 2.84. The molecule has 1 atom stereocenters. The molecule has 0 aliphatic carbocycles. The van der Waals surface area contributed by atoms with Crippen molar-refractivity contribution in [2.45, 2.75) is 25.3 Å². The van der Waals surface area contributed by atoms with Crippen molar-refractivity contribution in [3.8, 4) is 0 Å². The first kappa shape index (κ1) is 19.7. The third-order valence-electron chi connectivity index (χ3n) is 5.53. The van der Waals surface area contributed by atoms with Gasteiger partial charge in [-0.05, 0) is 66.4 Å². The molecule has 152 valence electrons. The summed E-state index contributed by atoms with van der Waals surface area (Å²) in [6.45, 7) is 2.94. The number of benzene rings is 1. The molecule has 1 aromatic carbocycles. The second-order valence-electron chi connectivity index (χ2n) is 7.39. The maximum Gasteiger partial charge on any atom is 0.309 e. The Labute approximate surface area is 174 Å². The molecular weight excluding hydrogens is 384 g/mol. The van der Waals surface area contributed by atoms with Gasteiger partial charge < -0.3 is 15.6 Å². The van der Waals surface area contributed by atoms with Crippen molar-refractivity contribution < 1.29 is 9.59 Å². The van der Waals surface area contributed by atoms with E-state index in [9.17, 15) is 9.59 Å². The second kappa shape index (κ2) is 9.24. The summed E-state index contributed by atoms with van der Waals surface area (Å²) in [6, 6.07) is 10.3. The van der Waals surface area contributed by atoms with Crippen LogP contribution in [0.1, 0.15) is 30.0 Å². The van der Waals surface area contributed by atoms with Gasteiger partial charge in [-0.3, -0.25) is 14.5 Å². The van der Waals surface area contributed by atoms with E-state index in [-0.39, 0.29) is 6.04 Å². The standard InChI is InChI=1S/C22H26N4O2S/c27-21(23-9-7-16-13-24-19-6-2-1-5-18(16)19)22(28)25-14-20(17-8-12-29-15-17)26-10-3-4-11-26/h1-2,5-6,8,12-13,15,20,24H,3-4,7,9-11,14H2,(H,23,27)(H,25,28). The van der Waals surface area contributed by atoms with E-state index in [0.29, 0.717) is 19.5 Å². The molecule has 0 spiro atoms. The van der Waals surface area contributed by atoms with Crippen molar-refractivity contribution in [1.82, 2.24) is 20.5 Å². The lowest BCUT2D eigenvalue weighted by molar-refractivity contribution is -0.139. The number of hydrogen-bond donors (Lipinski definition) is 3. The van der Waals surface area contributed by atoms with Gasteiger partial charge in [-0.2, -0.15) is 11.3 Å². The maximum absolute atomic E-state index is 12.3. The smallest absolute Gasteiger partial charge is 0.309 e. The normalized spacial score (nSPS) is 15.4. The van der Waals surface area contributed by atoms with E-state index in [2.05, 4.69) is 43.4 Å². The van der Waals surface area contributed by atoms with Crippen LogP contribution < -0.4 is 10.6 Å². The van der Waals surface area contributed by atoms with Crippen molar-refractivity contribution in [1.29, 1.82) is 0 Å². The molecule has 1 aliphatic rings. The molecule has 0 radical (unpaired) electrons. The topological polar surface area (TPSA) is 77.2 Å². The Balaban J connectivity index is 1.27. The zero-order valence-electron chi connectivity index (χ0n) is 16.3. The van der Waals surface area contributed by atoms with Crippen LogP contribution in [-0.4, -0.2) is 47.9 Å². The highest BCUT2D eigenvalue weighted by atomic mass is 32.1. The number of likely N-dealkylation sites (tertiary alicyclic amines) is 1. The fourth-order valence-corrected chi connectivity index (χ4v) is 4.68. The lowest BCUT2D eigenvalue weighted by Crippen LogP contribution is -2.44. The number of H-pyrrole nitrogens is 1. The molecule has 4 rings (SSSR count). The first-order valence-electron chi connectivity index (χ1n) is 10.1. The summed E-state index contributed by atoms with van der Waals surface area (Å²) >= 11 is 1.66. The number of fused-ring (bicyclic) bond motifs is 1. The number of aromatic amines is 1. The van der Waals surface area contributed by atoms with Crippen LogP contribution in [-0.2, 0) is 16.0 Å². The summed E-state index contributed by atoms with van der Waals surface area (Å²) in [4.78, 5) is 30.1. The zero-order valence-corrected chi connectivity index (χ0v) is 17.1. The first-order valence-corrected chi connectivity index (χ1v) is 11.0. The monoisotopic (exact) mass is 410 g/mol.